The van der Waals surface area contributed by atoms with Gasteiger partial charge in [-0.2, -0.15) is 0 Å². The monoisotopic (exact) mass is 554 g/mol. The first-order chi connectivity index (χ1) is 19.3. The van der Waals surface area contributed by atoms with Gasteiger partial charge in [-0.25, -0.2) is 9.59 Å². The van der Waals surface area contributed by atoms with E-state index in [0.717, 1.165) is 53.5 Å². The fraction of sp³-hybridized carbons (Fsp3) is 0.419. The molecule has 0 amide bonds. The Morgan fingerprint density at radius 1 is 0.750 bits per heavy atom. The molecule has 0 saturated heterocycles. The molecule has 0 radical (unpaired) electrons. The number of aliphatic hydroxyl groups is 1. The predicted molar refractivity (Wildman–Crippen MR) is 151 cm³/mol. The van der Waals surface area contributed by atoms with Gasteiger partial charge in [0.2, 0.25) is 0 Å². The van der Waals surface area contributed by atoms with Gasteiger partial charge in [0.1, 0.15) is 11.5 Å². The van der Waals surface area contributed by atoms with Gasteiger partial charge in [-0.15, -0.1) is 0 Å². The summed E-state index contributed by atoms with van der Waals surface area (Å²) >= 11 is 0. The second-order valence-electron chi connectivity index (χ2n) is 9.20. The lowest BCUT2D eigenvalue weighted by Gasteiger charge is -2.05. The quantitative estimate of drug-likeness (QED) is 0.215. The number of carbonyl (C=O) groups is 2. The average Bonchev–Trinajstić information content (AvgIpc) is 3.47. The van der Waals surface area contributed by atoms with Crippen molar-refractivity contribution in [3.8, 4) is 11.5 Å². The minimum Gasteiger partial charge on any atom is -0.478 e. The van der Waals surface area contributed by atoms with Gasteiger partial charge in [0.15, 0.2) is 35.9 Å². The summed E-state index contributed by atoms with van der Waals surface area (Å²) in [7, 11) is 2.66. The molecule has 2 heterocycles. The highest BCUT2D eigenvalue weighted by molar-refractivity contribution is 5.88. The van der Waals surface area contributed by atoms with Crippen molar-refractivity contribution >= 4 is 33.9 Å². The molecule has 40 heavy (non-hydrogen) atoms. The van der Waals surface area contributed by atoms with Crippen molar-refractivity contribution in [3.05, 3.63) is 59.0 Å². The highest BCUT2D eigenvalue weighted by atomic mass is 16.6. The third kappa shape index (κ3) is 7.57. The topological polar surface area (TPSA) is 118 Å². The Labute approximate surface area is 233 Å². The maximum Gasteiger partial charge on any atom is 0.343 e. The minimum absolute atomic E-state index is 0.111. The molecule has 4 rings (SSSR count). The molecule has 9 heteroatoms. The van der Waals surface area contributed by atoms with E-state index in [2.05, 4.69) is 16.4 Å². The van der Waals surface area contributed by atoms with Crippen molar-refractivity contribution in [3.63, 3.8) is 0 Å². The summed E-state index contributed by atoms with van der Waals surface area (Å²) in [6.07, 6.45) is 4.70. The highest BCUT2D eigenvalue weighted by Gasteiger charge is 2.16. The second kappa shape index (κ2) is 15.0. The van der Waals surface area contributed by atoms with Gasteiger partial charge in [0.25, 0.3) is 0 Å². The smallest absolute Gasteiger partial charge is 0.343 e. The molecule has 2 aromatic heterocycles. The average molecular weight is 555 g/mol. The number of ether oxygens (including phenoxy) is 4. The third-order valence-corrected chi connectivity index (χ3v) is 6.48. The van der Waals surface area contributed by atoms with E-state index < -0.39 is 11.9 Å². The van der Waals surface area contributed by atoms with Crippen LogP contribution in [0.4, 0.5) is 0 Å². The summed E-state index contributed by atoms with van der Waals surface area (Å²) in [5, 5.41) is 11.0. The SMILES string of the molecule is CCCCc1c(C)oc2c(OCC(=O)OC)cccc12.COC(=O)COc1cccc2c(CCCO)c(C)oc12. The number of hydrogen-bond donors (Lipinski definition) is 1. The van der Waals surface area contributed by atoms with Crippen molar-refractivity contribution in [1.29, 1.82) is 0 Å². The van der Waals surface area contributed by atoms with E-state index in [9.17, 15) is 9.59 Å². The van der Waals surface area contributed by atoms with Crippen LogP contribution in [0.25, 0.3) is 21.9 Å². The maximum absolute atomic E-state index is 11.2. The molecule has 0 saturated carbocycles. The van der Waals surface area contributed by atoms with Crippen LogP contribution in [0.5, 0.6) is 11.5 Å². The summed E-state index contributed by atoms with van der Waals surface area (Å²) in [5.74, 6) is 1.98. The summed E-state index contributed by atoms with van der Waals surface area (Å²) in [6.45, 7) is 5.90. The lowest BCUT2D eigenvalue weighted by Crippen LogP contribution is -2.12. The van der Waals surface area contributed by atoms with E-state index in [1.807, 2.05) is 38.1 Å². The fourth-order valence-corrected chi connectivity index (χ4v) is 4.38. The fourth-order valence-electron chi connectivity index (χ4n) is 4.38. The van der Waals surface area contributed by atoms with Crippen LogP contribution in [0.3, 0.4) is 0 Å². The van der Waals surface area contributed by atoms with E-state index in [-0.39, 0.29) is 19.8 Å². The van der Waals surface area contributed by atoms with Crippen LogP contribution < -0.4 is 9.47 Å². The van der Waals surface area contributed by atoms with Gasteiger partial charge in [-0.05, 0) is 51.7 Å². The number of carbonyl (C=O) groups excluding carboxylic acids is 2. The lowest BCUT2D eigenvalue weighted by molar-refractivity contribution is -0.143. The van der Waals surface area contributed by atoms with Gasteiger partial charge in [0, 0.05) is 28.5 Å². The summed E-state index contributed by atoms with van der Waals surface area (Å²) in [6, 6.07) is 11.3. The zero-order chi connectivity index (χ0) is 29.1. The van der Waals surface area contributed by atoms with Crippen molar-refractivity contribution in [1.82, 2.24) is 0 Å². The number of hydrogen-bond acceptors (Lipinski definition) is 9. The Morgan fingerprint density at radius 2 is 1.20 bits per heavy atom. The zero-order valence-electron chi connectivity index (χ0n) is 23.8. The van der Waals surface area contributed by atoms with Crippen molar-refractivity contribution < 1.29 is 42.5 Å². The van der Waals surface area contributed by atoms with E-state index in [1.54, 1.807) is 12.1 Å². The molecule has 2 aromatic carbocycles. The first-order valence-corrected chi connectivity index (χ1v) is 13.4. The third-order valence-electron chi connectivity index (χ3n) is 6.48. The maximum atomic E-state index is 11.2. The van der Waals surface area contributed by atoms with E-state index in [0.29, 0.717) is 29.1 Å². The molecule has 0 aliphatic carbocycles. The molecular formula is C31H38O9. The number of esters is 2. The molecule has 0 unspecified atom stereocenters. The molecule has 0 atom stereocenters. The molecule has 0 fully saturated rings. The minimum atomic E-state index is -0.439. The standard InChI is InChI=1S/C16H20O4.C15H18O5/c1-4-5-7-12-11(2)20-16-13(12)8-6-9-14(16)19-10-15(17)18-3;1-10-11(6-4-8-16)12-5-3-7-13(15(12)20-10)19-9-14(17)18-2/h6,8-9H,4-5,7,10H2,1-3H3;3,5,7,16H,4,6,8-9H2,1-2H3. The summed E-state index contributed by atoms with van der Waals surface area (Å²) in [4.78, 5) is 22.3. The molecule has 9 nitrogen and oxygen atoms in total. The predicted octanol–water partition coefficient (Wildman–Crippen LogP) is 5.85. The number of furan rings is 2. The summed E-state index contributed by atoms with van der Waals surface area (Å²) in [5.41, 5.74) is 3.63. The number of aryl methyl sites for hydroxylation is 4. The first kappa shape index (κ1) is 30.6. The zero-order valence-corrected chi connectivity index (χ0v) is 23.8. The number of unbranched alkanes of at least 4 members (excludes halogenated alkanes) is 1. The molecule has 4 aromatic rings. The molecule has 0 aliphatic heterocycles. The normalized spacial score (nSPS) is 10.8. The first-order valence-electron chi connectivity index (χ1n) is 13.4. The molecule has 216 valence electrons. The van der Waals surface area contributed by atoms with Gasteiger partial charge in [-0.3, -0.25) is 0 Å². The number of aliphatic hydroxyl groups excluding tert-OH is 1. The van der Waals surface area contributed by atoms with Crippen LogP contribution in [0.15, 0.2) is 45.2 Å². The van der Waals surface area contributed by atoms with E-state index in [1.165, 1.54) is 19.8 Å². The largest absolute Gasteiger partial charge is 0.478 e. The lowest BCUT2D eigenvalue weighted by atomic mass is 10.0. The van der Waals surface area contributed by atoms with Gasteiger partial charge in [-0.1, -0.05) is 37.6 Å². The van der Waals surface area contributed by atoms with Crippen LogP contribution in [0, 0.1) is 13.8 Å². The van der Waals surface area contributed by atoms with Crippen molar-refractivity contribution in [2.24, 2.45) is 0 Å². The number of rotatable bonds is 12. The number of para-hydroxylation sites is 2. The Morgan fingerprint density at radius 3 is 1.60 bits per heavy atom. The Balaban J connectivity index is 0.000000220. The van der Waals surface area contributed by atoms with E-state index in [4.69, 9.17) is 23.4 Å². The number of fused-ring (bicyclic) bond motifs is 2. The molecular weight excluding hydrogens is 516 g/mol. The Bertz CT molecular complexity index is 1310. The van der Waals surface area contributed by atoms with Gasteiger partial charge >= 0.3 is 11.9 Å². The Kier molecular flexibility index (Phi) is 11.4. The van der Waals surface area contributed by atoms with Crippen LogP contribution in [0.2, 0.25) is 0 Å². The summed E-state index contributed by atoms with van der Waals surface area (Å²) < 4.78 is 31.6. The number of methoxy groups -OCH3 is 2. The van der Waals surface area contributed by atoms with Crippen LogP contribution >= 0.6 is 0 Å². The molecule has 0 aliphatic rings. The second-order valence-corrected chi connectivity index (χ2v) is 9.20. The molecule has 0 spiro atoms. The van der Waals surface area contributed by atoms with Gasteiger partial charge < -0.3 is 32.9 Å². The highest BCUT2D eigenvalue weighted by Crippen LogP contribution is 2.34. The van der Waals surface area contributed by atoms with E-state index >= 15 is 0 Å². The van der Waals surface area contributed by atoms with Gasteiger partial charge in [0.05, 0.1) is 14.2 Å². The number of benzene rings is 2. The van der Waals surface area contributed by atoms with Crippen LogP contribution in [-0.4, -0.2) is 51.1 Å². The molecule has 1 N–H and O–H groups in total. The van der Waals surface area contributed by atoms with Crippen molar-refractivity contribution in [2.45, 2.75) is 52.9 Å². The van der Waals surface area contributed by atoms with Crippen LogP contribution in [-0.2, 0) is 31.9 Å². The Hall–Kier alpha value is -3.98. The van der Waals surface area contributed by atoms with Crippen molar-refractivity contribution in [2.75, 3.05) is 34.0 Å². The molecule has 0 bridgehead atoms. The van der Waals surface area contributed by atoms with Crippen LogP contribution in [0.1, 0.15) is 48.8 Å².